The number of para-hydroxylation sites is 5. The van der Waals surface area contributed by atoms with Crippen molar-refractivity contribution in [1.29, 1.82) is 0 Å². The summed E-state index contributed by atoms with van der Waals surface area (Å²) >= 11 is 0. The van der Waals surface area contributed by atoms with Gasteiger partial charge in [-0.2, -0.15) is 0 Å². The maximum Gasteiger partial charge on any atom is 0.143 e. The van der Waals surface area contributed by atoms with Crippen LogP contribution in [0, 0.1) is 5.92 Å². The van der Waals surface area contributed by atoms with E-state index in [0.29, 0.717) is 5.92 Å². The molecule has 3 nitrogen and oxygen atoms in total. The molecule has 3 heteroatoms. The molecule has 0 spiro atoms. The van der Waals surface area contributed by atoms with E-state index in [2.05, 4.69) is 162 Å². The molecule has 0 saturated heterocycles. The summed E-state index contributed by atoms with van der Waals surface area (Å²) in [5, 5.41) is 7.45. The summed E-state index contributed by atoms with van der Waals surface area (Å²) < 4.78 is 11.4. The molecule has 0 bridgehead atoms. The Morgan fingerprint density at radius 1 is 0.574 bits per heavy atom. The standard InChI is InChI=1S/C44H32N2O/c1-2-28-26-30(23-25-38(28)46-40-19-8-3-12-32(40)33-13-4-9-20-41(33)46)45-39-18-7-5-14-34(39)37-27-29(22-24-42(37)45)31-16-11-17-36-35-15-6-10-21-43(35)47-44(31)36/h3-28,38H,2H2,1H3. The lowest BCUT2D eigenvalue weighted by Gasteiger charge is -2.29. The Hall–Kier alpha value is -5.80. The Labute approximate surface area is 272 Å². The van der Waals surface area contributed by atoms with Gasteiger partial charge in [0.05, 0.1) is 17.1 Å². The van der Waals surface area contributed by atoms with Crippen molar-refractivity contribution in [3.63, 3.8) is 0 Å². The monoisotopic (exact) mass is 604 g/mol. The van der Waals surface area contributed by atoms with Crippen molar-refractivity contribution in [2.24, 2.45) is 5.92 Å². The highest BCUT2D eigenvalue weighted by Gasteiger charge is 2.26. The van der Waals surface area contributed by atoms with E-state index in [1.54, 1.807) is 0 Å². The molecule has 6 aromatic carbocycles. The normalized spacial score (nSPS) is 16.7. The Balaban J connectivity index is 1.13. The second-order valence-electron chi connectivity index (χ2n) is 12.8. The third-order valence-electron chi connectivity index (χ3n) is 10.3. The number of rotatable bonds is 4. The molecule has 0 radical (unpaired) electrons. The predicted octanol–water partition coefficient (Wildman–Crippen LogP) is 12.1. The molecule has 9 aromatic rings. The summed E-state index contributed by atoms with van der Waals surface area (Å²) in [6, 6.07) is 48.4. The van der Waals surface area contributed by atoms with Gasteiger partial charge in [0.15, 0.2) is 0 Å². The Morgan fingerprint density at radius 3 is 1.94 bits per heavy atom. The van der Waals surface area contributed by atoms with Crippen LogP contribution in [0.15, 0.2) is 156 Å². The smallest absolute Gasteiger partial charge is 0.143 e. The van der Waals surface area contributed by atoms with Crippen LogP contribution in [-0.2, 0) is 0 Å². The number of furan rings is 1. The lowest BCUT2D eigenvalue weighted by Crippen LogP contribution is -2.19. The molecule has 10 rings (SSSR count). The van der Waals surface area contributed by atoms with E-state index in [1.807, 2.05) is 6.07 Å². The molecule has 47 heavy (non-hydrogen) atoms. The second kappa shape index (κ2) is 10.1. The predicted molar refractivity (Wildman–Crippen MR) is 198 cm³/mol. The number of hydrogen-bond donors (Lipinski definition) is 0. The zero-order valence-corrected chi connectivity index (χ0v) is 26.1. The molecule has 224 valence electrons. The van der Waals surface area contributed by atoms with Gasteiger partial charge in [-0.1, -0.05) is 116 Å². The van der Waals surface area contributed by atoms with E-state index < -0.39 is 0 Å². The molecule has 3 heterocycles. The first-order valence-electron chi connectivity index (χ1n) is 16.6. The molecule has 2 unspecified atom stereocenters. The van der Waals surface area contributed by atoms with Gasteiger partial charge >= 0.3 is 0 Å². The van der Waals surface area contributed by atoms with E-state index in [-0.39, 0.29) is 6.04 Å². The first-order valence-corrected chi connectivity index (χ1v) is 16.6. The largest absolute Gasteiger partial charge is 0.455 e. The maximum absolute atomic E-state index is 6.43. The second-order valence-corrected chi connectivity index (χ2v) is 12.8. The summed E-state index contributed by atoms with van der Waals surface area (Å²) in [5.74, 6) is 0.343. The molecule has 0 aliphatic heterocycles. The summed E-state index contributed by atoms with van der Waals surface area (Å²) in [5.41, 5.74) is 10.4. The van der Waals surface area contributed by atoms with Crippen LogP contribution >= 0.6 is 0 Å². The number of allylic oxidation sites excluding steroid dienone is 4. The first-order chi connectivity index (χ1) is 23.3. The highest BCUT2D eigenvalue weighted by atomic mass is 16.3. The Morgan fingerprint density at radius 2 is 1.19 bits per heavy atom. The maximum atomic E-state index is 6.43. The lowest BCUT2D eigenvalue weighted by atomic mass is 9.90. The van der Waals surface area contributed by atoms with Crippen LogP contribution in [0.2, 0.25) is 0 Å². The van der Waals surface area contributed by atoms with Gasteiger partial charge in [0.25, 0.3) is 0 Å². The number of fused-ring (bicyclic) bond motifs is 9. The minimum Gasteiger partial charge on any atom is -0.455 e. The summed E-state index contributed by atoms with van der Waals surface area (Å²) in [7, 11) is 0. The minimum atomic E-state index is 0.234. The molecule has 1 aliphatic carbocycles. The minimum absolute atomic E-state index is 0.234. The van der Waals surface area contributed by atoms with Crippen molar-refractivity contribution >= 4 is 71.2 Å². The van der Waals surface area contributed by atoms with Gasteiger partial charge < -0.3 is 13.6 Å². The van der Waals surface area contributed by atoms with Crippen LogP contribution in [0.5, 0.6) is 0 Å². The van der Waals surface area contributed by atoms with Crippen LogP contribution in [-0.4, -0.2) is 9.13 Å². The molecule has 1 aliphatic rings. The summed E-state index contributed by atoms with van der Waals surface area (Å²) in [6.07, 6.45) is 8.32. The van der Waals surface area contributed by atoms with Gasteiger partial charge in [-0.05, 0) is 54.5 Å². The van der Waals surface area contributed by atoms with Crippen molar-refractivity contribution in [2.75, 3.05) is 0 Å². The zero-order valence-electron chi connectivity index (χ0n) is 26.1. The summed E-state index contributed by atoms with van der Waals surface area (Å²) in [4.78, 5) is 0. The van der Waals surface area contributed by atoms with E-state index in [1.165, 1.54) is 49.3 Å². The van der Waals surface area contributed by atoms with Crippen LogP contribution < -0.4 is 0 Å². The Kier molecular flexibility index (Phi) is 5.68. The topological polar surface area (TPSA) is 23.0 Å². The third kappa shape index (κ3) is 3.80. The fourth-order valence-corrected chi connectivity index (χ4v) is 8.17. The van der Waals surface area contributed by atoms with Gasteiger partial charge in [-0.25, -0.2) is 0 Å². The highest BCUT2D eigenvalue weighted by Crippen LogP contribution is 2.42. The van der Waals surface area contributed by atoms with Gasteiger partial charge in [0.1, 0.15) is 11.2 Å². The SMILES string of the molecule is CCC1C=C(n2c3ccccc3c3cc(-c4cccc5c4oc4ccccc45)ccc32)C=CC1n1c2ccccc2c2ccccc21. The van der Waals surface area contributed by atoms with E-state index in [0.717, 1.165) is 39.5 Å². The number of hydrogen-bond acceptors (Lipinski definition) is 1. The summed E-state index contributed by atoms with van der Waals surface area (Å²) in [6.45, 7) is 2.32. The molecular weight excluding hydrogens is 572 g/mol. The highest BCUT2D eigenvalue weighted by molar-refractivity contribution is 6.14. The fourth-order valence-electron chi connectivity index (χ4n) is 8.17. The van der Waals surface area contributed by atoms with Crippen molar-refractivity contribution in [2.45, 2.75) is 19.4 Å². The quantitative estimate of drug-likeness (QED) is 0.196. The van der Waals surface area contributed by atoms with Gasteiger partial charge in [-0.3, -0.25) is 0 Å². The van der Waals surface area contributed by atoms with E-state index in [4.69, 9.17) is 4.42 Å². The molecule has 0 N–H and O–H groups in total. The number of benzene rings is 6. The van der Waals surface area contributed by atoms with E-state index >= 15 is 0 Å². The fraction of sp³-hybridized carbons (Fsp3) is 0.0909. The molecule has 0 fully saturated rings. The first kappa shape index (κ1) is 26.4. The van der Waals surface area contributed by atoms with Crippen LogP contribution in [0.4, 0.5) is 0 Å². The van der Waals surface area contributed by atoms with Gasteiger partial charge in [0.2, 0.25) is 0 Å². The number of nitrogens with zero attached hydrogens (tertiary/aromatic N) is 2. The Bertz CT molecular complexity index is 2690. The van der Waals surface area contributed by atoms with Crippen LogP contribution in [0.3, 0.4) is 0 Å². The molecule has 0 saturated carbocycles. The number of aromatic nitrogens is 2. The van der Waals surface area contributed by atoms with Crippen molar-refractivity contribution < 1.29 is 4.42 Å². The molecule has 3 aromatic heterocycles. The van der Waals surface area contributed by atoms with Crippen molar-refractivity contribution in [3.8, 4) is 11.1 Å². The van der Waals surface area contributed by atoms with Crippen molar-refractivity contribution in [3.05, 3.63) is 152 Å². The zero-order chi connectivity index (χ0) is 31.1. The third-order valence-corrected chi connectivity index (χ3v) is 10.3. The van der Waals surface area contributed by atoms with Crippen molar-refractivity contribution in [1.82, 2.24) is 9.13 Å². The molecule has 0 amide bonds. The van der Waals surface area contributed by atoms with E-state index in [9.17, 15) is 0 Å². The van der Waals surface area contributed by atoms with Crippen LogP contribution in [0.1, 0.15) is 19.4 Å². The average molecular weight is 605 g/mol. The van der Waals surface area contributed by atoms with Crippen LogP contribution in [0.25, 0.3) is 82.4 Å². The van der Waals surface area contributed by atoms with Gasteiger partial charge in [0, 0.05) is 60.5 Å². The lowest BCUT2D eigenvalue weighted by molar-refractivity contribution is 0.462. The molecular formula is C44H32N2O. The van der Waals surface area contributed by atoms with Gasteiger partial charge in [-0.15, -0.1) is 0 Å². The molecule has 2 atom stereocenters. The average Bonchev–Trinajstić information content (AvgIpc) is 3.79.